The van der Waals surface area contributed by atoms with Gasteiger partial charge in [0.2, 0.25) is 0 Å². The molecule has 16 nitrogen and oxygen atoms in total. The van der Waals surface area contributed by atoms with Crippen LogP contribution in [-0.4, -0.2) is 80.4 Å². The van der Waals surface area contributed by atoms with E-state index in [1.165, 1.54) is 12.3 Å². The van der Waals surface area contributed by atoms with Gasteiger partial charge in [0.05, 0.1) is 18.1 Å². The van der Waals surface area contributed by atoms with Crippen molar-refractivity contribution < 1.29 is 33.6 Å². The summed E-state index contributed by atoms with van der Waals surface area (Å²) in [5, 5.41) is 26.6. The standard InChI is InChI=1S/C14H19N5O3.C14H19N3O5/c1-4-22-14(21)12-11(17-19-18-12)9-5-10(15-7-9)13(20)16-6-8(2)3;1-4-22-14(19)12(17(20)21)6-10-5-11(15-8-10)13(18)16-7-9(2)3/h5,7-8,15H,4,6H2,1-3H3,(H,16,20)(H,17,18,19);5-6,8-9,15H,4,7H2,1-3H3,(H,16,18)/b;12-6-. The zero-order chi connectivity index (χ0) is 32.8. The molecule has 44 heavy (non-hydrogen) atoms. The molecule has 238 valence electrons. The van der Waals surface area contributed by atoms with Crippen LogP contribution in [0.25, 0.3) is 17.3 Å². The molecule has 0 aromatic carbocycles. The highest BCUT2D eigenvalue weighted by Gasteiger charge is 2.24. The van der Waals surface area contributed by atoms with Crippen molar-refractivity contribution in [3.8, 4) is 11.3 Å². The topological polar surface area (TPSA) is 227 Å². The van der Waals surface area contributed by atoms with Crippen molar-refractivity contribution in [2.24, 2.45) is 11.8 Å². The highest BCUT2D eigenvalue weighted by molar-refractivity contribution is 5.97. The summed E-state index contributed by atoms with van der Waals surface area (Å²) in [7, 11) is 0. The smallest absolute Gasteiger partial charge is 0.409 e. The van der Waals surface area contributed by atoms with Crippen molar-refractivity contribution in [2.45, 2.75) is 41.5 Å². The van der Waals surface area contributed by atoms with Crippen LogP contribution in [0.5, 0.6) is 0 Å². The Balaban J connectivity index is 0.000000307. The van der Waals surface area contributed by atoms with Crippen LogP contribution < -0.4 is 10.6 Å². The third-order valence-corrected chi connectivity index (χ3v) is 5.49. The lowest BCUT2D eigenvalue weighted by Crippen LogP contribution is -2.27. The normalized spacial score (nSPS) is 11.0. The molecule has 0 unspecified atom stereocenters. The Labute approximate surface area is 253 Å². The molecule has 0 aliphatic heterocycles. The zero-order valence-corrected chi connectivity index (χ0v) is 25.5. The second-order valence-corrected chi connectivity index (χ2v) is 10.1. The minimum Gasteiger partial charge on any atom is -0.461 e. The van der Waals surface area contributed by atoms with Crippen LogP contribution in [0.15, 0.2) is 30.2 Å². The van der Waals surface area contributed by atoms with Crippen molar-refractivity contribution in [3.05, 3.63) is 63.0 Å². The van der Waals surface area contributed by atoms with Crippen LogP contribution in [-0.2, 0) is 14.3 Å². The summed E-state index contributed by atoms with van der Waals surface area (Å²) < 4.78 is 9.53. The number of aromatic amines is 3. The molecule has 0 saturated carbocycles. The summed E-state index contributed by atoms with van der Waals surface area (Å²) >= 11 is 0. The number of nitro groups is 1. The molecule has 0 aliphatic rings. The van der Waals surface area contributed by atoms with Gasteiger partial charge in [0, 0.05) is 37.1 Å². The molecule has 0 spiro atoms. The third-order valence-electron chi connectivity index (χ3n) is 5.49. The predicted octanol–water partition coefficient (Wildman–Crippen LogP) is 2.94. The van der Waals surface area contributed by atoms with E-state index in [4.69, 9.17) is 4.74 Å². The Hall–Kier alpha value is -5.28. The Morgan fingerprint density at radius 3 is 2.02 bits per heavy atom. The summed E-state index contributed by atoms with van der Waals surface area (Å²) in [6, 6.07) is 3.05. The number of carbonyl (C=O) groups is 4. The molecular formula is C28H38N8O8. The van der Waals surface area contributed by atoms with Crippen LogP contribution in [0, 0.1) is 22.0 Å². The monoisotopic (exact) mass is 614 g/mol. The summed E-state index contributed by atoms with van der Waals surface area (Å²) in [4.78, 5) is 62.7. The van der Waals surface area contributed by atoms with E-state index in [2.05, 4.69) is 40.7 Å². The van der Waals surface area contributed by atoms with Crippen LogP contribution in [0.3, 0.4) is 0 Å². The van der Waals surface area contributed by atoms with Gasteiger partial charge in [-0.1, -0.05) is 27.7 Å². The lowest BCUT2D eigenvalue weighted by atomic mass is 10.2. The molecule has 0 bridgehead atoms. The lowest BCUT2D eigenvalue weighted by molar-refractivity contribution is -0.419. The van der Waals surface area contributed by atoms with Crippen molar-refractivity contribution in [3.63, 3.8) is 0 Å². The molecule has 0 aliphatic carbocycles. The van der Waals surface area contributed by atoms with E-state index in [0.29, 0.717) is 47.4 Å². The highest BCUT2D eigenvalue weighted by atomic mass is 16.6. The number of rotatable bonds is 13. The maximum Gasteiger partial charge on any atom is 0.409 e. The quantitative estimate of drug-likeness (QED) is 0.0818. The lowest BCUT2D eigenvalue weighted by Gasteiger charge is -2.05. The first kappa shape index (κ1) is 34.9. The number of amides is 2. The van der Waals surface area contributed by atoms with Crippen LogP contribution in [0.4, 0.5) is 0 Å². The van der Waals surface area contributed by atoms with Gasteiger partial charge in [-0.05, 0) is 43.4 Å². The molecule has 3 aromatic heterocycles. The van der Waals surface area contributed by atoms with Crippen molar-refractivity contribution in [1.29, 1.82) is 0 Å². The van der Waals surface area contributed by atoms with E-state index in [1.807, 2.05) is 27.7 Å². The number of aromatic nitrogens is 5. The van der Waals surface area contributed by atoms with Gasteiger partial charge in [-0.15, -0.1) is 5.10 Å². The number of esters is 2. The molecule has 0 radical (unpaired) electrons. The average molecular weight is 615 g/mol. The number of nitrogens with zero attached hydrogens (tertiary/aromatic N) is 3. The number of ether oxygens (including phenoxy) is 2. The van der Waals surface area contributed by atoms with Crippen molar-refractivity contribution >= 4 is 29.8 Å². The third kappa shape index (κ3) is 10.5. The second kappa shape index (κ2) is 17.0. The van der Waals surface area contributed by atoms with Gasteiger partial charge in [0.25, 0.3) is 11.8 Å². The maximum atomic E-state index is 12.0. The second-order valence-electron chi connectivity index (χ2n) is 10.1. The van der Waals surface area contributed by atoms with Crippen molar-refractivity contribution in [2.75, 3.05) is 26.3 Å². The van der Waals surface area contributed by atoms with Gasteiger partial charge < -0.3 is 30.1 Å². The summed E-state index contributed by atoms with van der Waals surface area (Å²) in [5.74, 6) is -1.42. The molecule has 3 rings (SSSR count). The molecular weight excluding hydrogens is 576 g/mol. The van der Waals surface area contributed by atoms with Gasteiger partial charge in [0.1, 0.15) is 17.1 Å². The van der Waals surface area contributed by atoms with E-state index in [-0.39, 0.29) is 36.4 Å². The molecule has 0 fully saturated rings. The summed E-state index contributed by atoms with van der Waals surface area (Å²) in [5.41, 5.74) is 1.34. The number of hydrogen-bond donors (Lipinski definition) is 5. The van der Waals surface area contributed by atoms with Gasteiger partial charge in [0.15, 0.2) is 5.69 Å². The van der Waals surface area contributed by atoms with Crippen LogP contribution >= 0.6 is 0 Å². The Morgan fingerprint density at radius 2 is 1.48 bits per heavy atom. The van der Waals surface area contributed by atoms with Gasteiger partial charge >= 0.3 is 17.6 Å². The first-order valence-electron chi connectivity index (χ1n) is 13.9. The van der Waals surface area contributed by atoms with E-state index in [0.717, 1.165) is 6.08 Å². The first-order chi connectivity index (χ1) is 20.9. The van der Waals surface area contributed by atoms with Crippen LogP contribution in [0.2, 0.25) is 0 Å². The first-order valence-corrected chi connectivity index (χ1v) is 13.9. The number of carbonyl (C=O) groups excluding carboxylic acids is 4. The largest absolute Gasteiger partial charge is 0.461 e. The fourth-order valence-electron chi connectivity index (χ4n) is 3.39. The molecule has 16 heteroatoms. The van der Waals surface area contributed by atoms with Gasteiger partial charge in [-0.2, -0.15) is 10.3 Å². The van der Waals surface area contributed by atoms with Gasteiger partial charge in [-0.3, -0.25) is 19.7 Å². The maximum absolute atomic E-state index is 12.0. The number of H-pyrrole nitrogens is 3. The number of nitrogens with one attached hydrogen (secondary N) is 5. The molecule has 5 N–H and O–H groups in total. The summed E-state index contributed by atoms with van der Waals surface area (Å²) in [6.07, 6.45) is 4.07. The Kier molecular flexibility index (Phi) is 13.5. The zero-order valence-electron chi connectivity index (χ0n) is 25.5. The highest BCUT2D eigenvalue weighted by Crippen LogP contribution is 2.21. The van der Waals surface area contributed by atoms with Crippen LogP contribution in [0.1, 0.15) is 78.6 Å². The fourth-order valence-corrected chi connectivity index (χ4v) is 3.39. The SMILES string of the molecule is CCOC(=O)/C(=C/c1c[nH]c(C(=O)NCC(C)C)c1)[N+](=O)[O-].CCOC(=O)c1n[nH]nc1-c1c[nH]c(C(=O)NCC(C)C)c1. The number of hydrogen-bond acceptors (Lipinski definition) is 10. The minimum atomic E-state index is -1.01. The average Bonchev–Trinajstić information content (AvgIpc) is 3.74. The predicted molar refractivity (Wildman–Crippen MR) is 159 cm³/mol. The molecule has 0 atom stereocenters. The Morgan fingerprint density at radius 1 is 0.909 bits per heavy atom. The molecule has 2 amide bonds. The van der Waals surface area contributed by atoms with Gasteiger partial charge in [-0.25, -0.2) is 9.59 Å². The van der Waals surface area contributed by atoms with E-state index < -0.39 is 22.6 Å². The minimum absolute atomic E-state index is 0.0417. The van der Waals surface area contributed by atoms with E-state index >= 15 is 0 Å². The van der Waals surface area contributed by atoms with E-state index in [1.54, 1.807) is 26.1 Å². The fraction of sp³-hybridized carbons (Fsp3) is 0.429. The summed E-state index contributed by atoms with van der Waals surface area (Å²) in [6.45, 7) is 12.6. The van der Waals surface area contributed by atoms with Crippen molar-refractivity contribution in [1.82, 2.24) is 36.0 Å². The molecule has 3 heterocycles. The molecule has 3 aromatic rings. The molecule has 0 saturated heterocycles. The van der Waals surface area contributed by atoms with E-state index in [9.17, 15) is 29.3 Å². The Bertz CT molecular complexity index is 1470.